The quantitative estimate of drug-likeness (QED) is 0.309. The van der Waals surface area contributed by atoms with Gasteiger partial charge in [0.15, 0.2) is 12.6 Å². The lowest BCUT2D eigenvalue weighted by Crippen LogP contribution is -2.55. The molecule has 11 heteroatoms. The van der Waals surface area contributed by atoms with Crippen LogP contribution in [0.25, 0.3) is 0 Å². The number of hydrogen-bond acceptors (Lipinski definition) is 6. The van der Waals surface area contributed by atoms with Crippen molar-refractivity contribution in [2.45, 2.75) is 38.5 Å². The van der Waals surface area contributed by atoms with Gasteiger partial charge in [0, 0.05) is 21.7 Å². The van der Waals surface area contributed by atoms with Gasteiger partial charge in [-0.1, -0.05) is 17.7 Å². The summed E-state index contributed by atoms with van der Waals surface area (Å²) in [6, 6.07) is 10.4. The van der Waals surface area contributed by atoms with E-state index in [1.807, 2.05) is 0 Å². The van der Waals surface area contributed by atoms with Crippen molar-refractivity contribution in [3.8, 4) is 5.75 Å². The van der Waals surface area contributed by atoms with Gasteiger partial charge in [0.1, 0.15) is 17.5 Å². The van der Waals surface area contributed by atoms with Crippen LogP contribution in [0.5, 0.6) is 5.75 Å². The second-order valence-electron chi connectivity index (χ2n) is 7.80. The van der Waals surface area contributed by atoms with Crippen LogP contribution in [0.4, 0.5) is 0 Å². The second-order valence-corrected chi connectivity index (χ2v) is 9.48. The van der Waals surface area contributed by atoms with E-state index in [1.54, 1.807) is 50.2 Å². The van der Waals surface area contributed by atoms with Crippen molar-refractivity contribution in [1.82, 2.24) is 5.32 Å². The largest absolute Gasteiger partial charge is 0.485 e. The Balaban J connectivity index is 2.01. The molecule has 0 saturated heterocycles. The topological polar surface area (TPSA) is 131 Å². The highest BCUT2D eigenvalue weighted by atomic mass is 35.5. The van der Waals surface area contributed by atoms with Gasteiger partial charge < -0.3 is 24.6 Å². The Morgan fingerprint density at radius 3 is 2.53 bits per heavy atom. The zero-order valence-corrected chi connectivity index (χ0v) is 19.2. The summed E-state index contributed by atoms with van der Waals surface area (Å²) < 4.78 is 27.2. The molecule has 2 aromatic carbocycles. The molecular formula is C21H23ClNO8P. The molecule has 1 aliphatic heterocycles. The molecule has 0 fully saturated rings. The Labute approximate surface area is 189 Å². The van der Waals surface area contributed by atoms with Crippen molar-refractivity contribution in [3.63, 3.8) is 0 Å². The molecule has 0 aromatic heterocycles. The molecule has 0 radical (unpaired) electrons. The lowest BCUT2D eigenvalue weighted by atomic mass is 9.85. The smallest absolute Gasteiger partial charge is 0.471 e. The third-order valence-electron chi connectivity index (χ3n) is 4.95. The summed E-state index contributed by atoms with van der Waals surface area (Å²) in [5, 5.41) is 3.26. The molecule has 1 amide bonds. The summed E-state index contributed by atoms with van der Waals surface area (Å²) in [5.41, 5.74) is 0.152. The zero-order chi connectivity index (χ0) is 23.7. The van der Waals surface area contributed by atoms with E-state index in [0.29, 0.717) is 27.5 Å². The van der Waals surface area contributed by atoms with Gasteiger partial charge in [0.25, 0.3) is 5.91 Å². The molecule has 32 heavy (non-hydrogen) atoms. The van der Waals surface area contributed by atoms with Crippen LogP contribution in [-0.4, -0.2) is 40.0 Å². The minimum absolute atomic E-state index is 0.181. The van der Waals surface area contributed by atoms with Crippen LogP contribution in [0.2, 0.25) is 5.02 Å². The van der Waals surface area contributed by atoms with Crippen molar-refractivity contribution in [1.29, 1.82) is 0 Å². The molecule has 3 N–H and O–H groups in total. The molecular weight excluding hydrogens is 461 g/mol. The van der Waals surface area contributed by atoms with Crippen molar-refractivity contribution >= 4 is 31.1 Å². The van der Waals surface area contributed by atoms with Gasteiger partial charge in [0.2, 0.25) is 0 Å². The molecule has 0 saturated carbocycles. The predicted molar refractivity (Wildman–Crippen MR) is 116 cm³/mol. The van der Waals surface area contributed by atoms with E-state index in [1.165, 1.54) is 13.0 Å². The predicted octanol–water partition coefficient (Wildman–Crippen LogP) is 3.64. The summed E-state index contributed by atoms with van der Waals surface area (Å²) in [6.07, 6.45) is -0.924. The normalized spacial score (nSPS) is 19.6. The fourth-order valence-corrected chi connectivity index (χ4v) is 3.87. The molecule has 0 spiro atoms. The van der Waals surface area contributed by atoms with E-state index in [0.717, 1.165) is 0 Å². The molecule has 0 unspecified atom stereocenters. The third kappa shape index (κ3) is 5.75. The number of phosphoric acid groups is 1. The molecule has 0 aliphatic carbocycles. The van der Waals surface area contributed by atoms with Gasteiger partial charge in [-0.15, -0.1) is 0 Å². The van der Waals surface area contributed by atoms with Crippen molar-refractivity contribution in [3.05, 3.63) is 64.2 Å². The van der Waals surface area contributed by atoms with E-state index in [-0.39, 0.29) is 5.78 Å². The highest BCUT2D eigenvalue weighted by Crippen LogP contribution is 2.43. The second kappa shape index (κ2) is 9.31. The number of carbonyl (C=O) groups is 2. The summed E-state index contributed by atoms with van der Waals surface area (Å²) >= 11 is 6.00. The Morgan fingerprint density at radius 1 is 1.19 bits per heavy atom. The van der Waals surface area contributed by atoms with Crippen LogP contribution in [0.15, 0.2) is 42.5 Å². The maximum Gasteiger partial charge on any atom is 0.471 e. The number of phosphoric ester groups is 1. The average Bonchev–Trinajstić information content (AvgIpc) is 2.68. The summed E-state index contributed by atoms with van der Waals surface area (Å²) in [5.74, 6) is -0.203. The van der Waals surface area contributed by atoms with Crippen LogP contribution in [0.1, 0.15) is 53.1 Å². The lowest BCUT2D eigenvalue weighted by Gasteiger charge is -2.44. The van der Waals surface area contributed by atoms with Gasteiger partial charge in [-0.25, -0.2) is 4.57 Å². The first kappa shape index (κ1) is 24.4. The van der Waals surface area contributed by atoms with Crippen molar-refractivity contribution in [2.24, 2.45) is 0 Å². The highest BCUT2D eigenvalue weighted by Gasteiger charge is 2.46. The molecule has 9 nitrogen and oxygen atoms in total. The number of nitrogens with one attached hydrogen (secondary N) is 1. The Hall–Kier alpha value is -2.26. The number of fused-ring (bicyclic) bond motifs is 1. The molecule has 1 heterocycles. The monoisotopic (exact) mass is 483 g/mol. The van der Waals surface area contributed by atoms with Gasteiger partial charge >= 0.3 is 7.82 Å². The summed E-state index contributed by atoms with van der Waals surface area (Å²) in [7, 11) is -4.78. The number of carbonyl (C=O) groups excluding carboxylic acids is 2. The molecule has 172 valence electrons. The number of ether oxygens (including phenoxy) is 2. The summed E-state index contributed by atoms with van der Waals surface area (Å²) in [4.78, 5) is 42.9. The molecule has 3 rings (SSSR count). The number of Topliss-reactive ketones (excluding diaryl/α,β-unsaturated/α-hetero) is 1. The van der Waals surface area contributed by atoms with E-state index >= 15 is 0 Å². The molecule has 2 aromatic rings. The SMILES string of the molecule is CC(=O)c1ccc2c(c1)[C@@H](NC(=O)c1cccc(Cl)c1)[C@H](OCOP(=O)(O)O)C(C)(C)O2. The van der Waals surface area contributed by atoms with Gasteiger partial charge in [-0.3, -0.25) is 14.1 Å². The summed E-state index contributed by atoms with van der Waals surface area (Å²) in [6.45, 7) is 4.08. The van der Waals surface area contributed by atoms with Crippen LogP contribution in [0, 0.1) is 0 Å². The number of benzene rings is 2. The maximum absolute atomic E-state index is 13.0. The van der Waals surface area contributed by atoms with Gasteiger partial charge in [-0.2, -0.15) is 0 Å². The molecule has 0 bridgehead atoms. The minimum atomic E-state index is -4.78. The zero-order valence-electron chi connectivity index (χ0n) is 17.6. The van der Waals surface area contributed by atoms with Crippen LogP contribution in [-0.2, 0) is 13.8 Å². The Kier molecular flexibility index (Phi) is 7.09. The van der Waals surface area contributed by atoms with Crippen LogP contribution >= 0.6 is 19.4 Å². The first-order valence-electron chi connectivity index (χ1n) is 9.59. The number of halogens is 1. The van der Waals surface area contributed by atoms with Gasteiger partial charge in [0.05, 0.1) is 6.04 Å². The number of ketones is 1. The van der Waals surface area contributed by atoms with Crippen molar-refractivity contribution < 1.29 is 37.9 Å². The van der Waals surface area contributed by atoms with E-state index in [4.69, 9.17) is 30.9 Å². The first-order valence-corrected chi connectivity index (χ1v) is 11.5. The molecule has 1 aliphatic rings. The van der Waals surface area contributed by atoms with E-state index < -0.39 is 38.3 Å². The van der Waals surface area contributed by atoms with Crippen LogP contribution in [0.3, 0.4) is 0 Å². The number of rotatable bonds is 7. The lowest BCUT2D eigenvalue weighted by molar-refractivity contribution is -0.141. The van der Waals surface area contributed by atoms with E-state index in [2.05, 4.69) is 9.84 Å². The standard InChI is InChI=1S/C21H23ClNO8P/c1-12(24)13-7-8-17-16(10-13)18(23-20(25)14-5-4-6-15(22)9-14)19(21(2,3)31-17)29-11-30-32(26,27)28/h4-10,18-19H,11H2,1-3H3,(H,23,25)(H2,26,27,28)/t18-,19+/m1/s1. The first-order chi connectivity index (χ1) is 14.9. The number of hydrogen-bond donors (Lipinski definition) is 3. The Morgan fingerprint density at radius 2 is 1.91 bits per heavy atom. The average molecular weight is 484 g/mol. The molecule has 2 atom stereocenters. The van der Waals surface area contributed by atoms with Crippen LogP contribution < -0.4 is 10.1 Å². The maximum atomic E-state index is 13.0. The third-order valence-corrected chi connectivity index (χ3v) is 5.63. The van der Waals surface area contributed by atoms with Crippen molar-refractivity contribution in [2.75, 3.05) is 6.79 Å². The van der Waals surface area contributed by atoms with Gasteiger partial charge in [-0.05, 0) is 57.2 Å². The van der Waals surface area contributed by atoms with E-state index in [9.17, 15) is 14.2 Å². The fraction of sp³-hybridized carbons (Fsp3) is 0.333. The fourth-order valence-electron chi connectivity index (χ4n) is 3.49. The number of amides is 1. The minimum Gasteiger partial charge on any atom is -0.485 e. The Bertz CT molecular complexity index is 1080. The highest BCUT2D eigenvalue weighted by molar-refractivity contribution is 7.46.